The smallest absolute Gasteiger partial charge is 0.135 e. The molecule has 16 heavy (non-hydrogen) atoms. The third kappa shape index (κ3) is 2.72. The predicted molar refractivity (Wildman–Crippen MR) is 72.2 cm³/mol. The van der Waals surface area contributed by atoms with E-state index in [1.165, 1.54) is 6.33 Å². The molecule has 0 fully saturated rings. The first-order valence-electron chi connectivity index (χ1n) is 4.35. The molecule has 0 aliphatic heterocycles. The van der Waals surface area contributed by atoms with E-state index < -0.39 is 0 Å². The molecule has 2 aromatic rings. The zero-order chi connectivity index (χ0) is 11.5. The maximum absolute atomic E-state index is 5.78. The Kier molecular flexibility index (Phi) is 3.78. The highest BCUT2D eigenvalue weighted by Crippen LogP contribution is 2.32. The van der Waals surface area contributed by atoms with Gasteiger partial charge in [-0.15, -0.1) is 0 Å². The quantitative estimate of drug-likeness (QED) is 0.804. The van der Waals surface area contributed by atoms with Crippen LogP contribution in [0.5, 0.6) is 0 Å². The Bertz CT molecular complexity index is 499. The van der Waals surface area contributed by atoms with E-state index in [0.717, 1.165) is 14.6 Å². The number of aromatic nitrogens is 2. The Labute approximate surface area is 115 Å². The monoisotopic (exact) mass is 361 g/mol. The SMILES string of the molecule is Clc1cc(Nc2c(Br)cccc2Br)ncn1. The predicted octanol–water partition coefficient (Wildman–Crippen LogP) is 4.40. The summed E-state index contributed by atoms with van der Waals surface area (Å²) in [6.45, 7) is 0. The Balaban J connectivity index is 2.34. The van der Waals surface area contributed by atoms with Crippen LogP contribution in [0.2, 0.25) is 5.15 Å². The van der Waals surface area contributed by atoms with Crippen molar-refractivity contribution < 1.29 is 0 Å². The van der Waals surface area contributed by atoms with Gasteiger partial charge >= 0.3 is 0 Å². The molecule has 6 heteroatoms. The van der Waals surface area contributed by atoms with Crippen LogP contribution >= 0.6 is 43.5 Å². The fourth-order valence-electron chi connectivity index (χ4n) is 1.15. The molecule has 0 spiro atoms. The van der Waals surface area contributed by atoms with Gasteiger partial charge in [0, 0.05) is 15.0 Å². The molecular formula is C10H6Br2ClN3. The molecule has 0 unspecified atom stereocenters. The van der Waals surface area contributed by atoms with Crippen LogP contribution in [0.4, 0.5) is 11.5 Å². The van der Waals surface area contributed by atoms with Crippen molar-refractivity contribution in [3.05, 3.63) is 44.7 Å². The fourth-order valence-corrected chi connectivity index (χ4v) is 2.49. The molecule has 2 rings (SSSR count). The summed E-state index contributed by atoms with van der Waals surface area (Å²) in [4.78, 5) is 7.89. The maximum Gasteiger partial charge on any atom is 0.135 e. The van der Waals surface area contributed by atoms with E-state index in [1.54, 1.807) is 6.07 Å². The van der Waals surface area contributed by atoms with Crippen molar-refractivity contribution in [1.82, 2.24) is 9.97 Å². The lowest BCUT2D eigenvalue weighted by molar-refractivity contribution is 1.17. The largest absolute Gasteiger partial charge is 0.338 e. The number of nitrogens with zero attached hydrogens (tertiary/aromatic N) is 2. The third-order valence-corrected chi connectivity index (χ3v) is 3.38. The van der Waals surface area contributed by atoms with Crippen LogP contribution in [-0.4, -0.2) is 9.97 Å². The van der Waals surface area contributed by atoms with Crippen LogP contribution in [0.25, 0.3) is 0 Å². The summed E-state index contributed by atoms with van der Waals surface area (Å²) in [5.41, 5.74) is 0.900. The second-order valence-corrected chi connectivity index (χ2v) is 5.04. The second-order valence-electron chi connectivity index (χ2n) is 2.95. The Morgan fingerprint density at radius 2 is 1.81 bits per heavy atom. The van der Waals surface area contributed by atoms with Gasteiger partial charge in [0.15, 0.2) is 0 Å². The first-order chi connectivity index (χ1) is 7.66. The molecule has 3 nitrogen and oxygen atoms in total. The highest BCUT2D eigenvalue weighted by molar-refractivity contribution is 9.11. The van der Waals surface area contributed by atoms with Crippen LogP contribution in [0, 0.1) is 0 Å². The Morgan fingerprint density at radius 3 is 2.44 bits per heavy atom. The molecule has 1 aromatic heterocycles. The number of rotatable bonds is 2. The Morgan fingerprint density at radius 1 is 1.12 bits per heavy atom. The number of hydrogen-bond donors (Lipinski definition) is 1. The van der Waals surface area contributed by atoms with Crippen molar-refractivity contribution in [2.45, 2.75) is 0 Å². The number of nitrogens with one attached hydrogen (secondary N) is 1. The van der Waals surface area contributed by atoms with Crippen molar-refractivity contribution in [2.75, 3.05) is 5.32 Å². The molecule has 1 aromatic carbocycles. The molecule has 0 amide bonds. The van der Waals surface area contributed by atoms with Gasteiger partial charge in [-0.05, 0) is 44.0 Å². The molecule has 0 bridgehead atoms. The van der Waals surface area contributed by atoms with E-state index in [1.807, 2.05) is 18.2 Å². The fraction of sp³-hybridized carbons (Fsp3) is 0. The van der Waals surface area contributed by atoms with Gasteiger partial charge in [0.1, 0.15) is 17.3 Å². The van der Waals surface area contributed by atoms with E-state index in [-0.39, 0.29) is 0 Å². The first-order valence-corrected chi connectivity index (χ1v) is 6.32. The van der Waals surface area contributed by atoms with E-state index in [2.05, 4.69) is 47.1 Å². The maximum atomic E-state index is 5.78. The van der Waals surface area contributed by atoms with Crippen molar-refractivity contribution in [3.63, 3.8) is 0 Å². The molecule has 0 aliphatic carbocycles. The lowest BCUT2D eigenvalue weighted by Crippen LogP contribution is -1.95. The third-order valence-electron chi connectivity index (χ3n) is 1.85. The zero-order valence-electron chi connectivity index (χ0n) is 7.92. The van der Waals surface area contributed by atoms with Gasteiger partial charge in [-0.25, -0.2) is 9.97 Å². The highest BCUT2D eigenvalue weighted by Gasteiger charge is 2.05. The summed E-state index contributed by atoms with van der Waals surface area (Å²) in [6.07, 6.45) is 1.41. The van der Waals surface area contributed by atoms with Crippen LogP contribution < -0.4 is 5.32 Å². The number of para-hydroxylation sites is 1. The summed E-state index contributed by atoms with van der Waals surface area (Å²) in [5, 5.41) is 3.56. The van der Waals surface area contributed by atoms with E-state index in [4.69, 9.17) is 11.6 Å². The second kappa shape index (κ2) is 5.12. The standard InChI is InChI=1S/C10H6Br2ClN3/c11-6-2-1-3-7(12)10(6)16-9-4-8(13)14-5-15-9/h1-5H,(H,14,15,16). The van der Waals surface area contributed by atoms with Gasteiger partial charge in [0.05, 0.1) is 5.69 Å². The van der Waals surface area contributed by atoms with Crippen LogP contribution in [0.15, 0.2) is 39.5 Å². The molecule has 0 saturated carbocycles. The summed E-state index contributed by atoms with van der Waals surface area (Å²) in [7, 11) is 0. The molecule has 0 atom stereocenters. The summed E-state index contributed by atoms with van der Waals surface area (Å²) in [6, 6.07) is 7.48. The molecular weight excluding hydrogens is 357 g/mol. The van der Waals surface area contributed by atoms with Crippen molar-refractivity contribution in [3.8, 4) is 0 Å². The summed E-state index contributed by atoms with van der Waals surface area (Å²) >= 11 is 12.7. The van der Waals surface area contributed by atoms with Crippen LogP contribution in [0.3, 0.4) is 0 Å². The average Bonchev–Trinajstić information content (AvgIpc) is 2.24. The minimum atomic E-state index is 0.403. The van der Waals surface area contributed by atoms with E-state index >= 15 is 0 Å². The first kappa shape index (κ1) is 11.8. The zero-order valence-corrected chi connectivity index (χ0v) is 11.8. The van der Waals surface area contributed by atoms with Crippen LogP contribution in [-0.2, 0) is 0 Å². The molecule has 1 heterocycles. The minimum Gasteiger partial charge on any atom is -0.338 e. The van der Waals surface area contributed by atoms with Gasteiger partial charge in [0.25, 0.3) is 0 Å². The number of benzene rings is 1. The number of halogens is 3. The summed E-state index contributed by atoms with van der Waals surface area (Å²) < 4.78 is 1.88. The molecule has 1 N–H and O–H groups in total. The van der Waals surface area contributed by atoms with Crippen LogP contribution in [0.1, 0.15) is 0 Å². The summed E-state index contributed by atoms with van der Waals surface area (Å²) in [5.74, 6) is 0.646. The van der Waals surface area contributed by atoms with E-state index in [9.17, 15) is 0 Å². The molecule has 0 saturated heterocycles. The average molecular weight is 363 g/mol. The van der Waals surface area contributed by atoms with Gasteiger partial charge in [0.2, 0.25) is 0 Å². The van der Waals surface area contributed by atoms with E-state index in [0.29, 0.717) is 11.0 Å². The topological polar surface area (TPSA) is 37.8 Å². The lowest BCUT2D eigenvalue weighted by Gasteiger charge is -2.09. The number of hydrogen-bond acceptors (Lipinski definition) is 3. The normalized spacial score (nSPS) is 10.2. The van der Waals surface area contributed by atoms with Gasteiger partial charge in [-0.3, -0.25) is 0 Å². The molecule has 0 radical (unpaired) electrons. The molecule has 0 aliphatic rings. The molecule has 82 valence electrons. The Hall–Kier alpha value is -0.650. The lowest BCUT2D eigenvalue weighted by atomic mass is 10.3. The van der Waals surface area contributed by atoms with Crippen molar-refractivity contribution >= 4 is 55.0 Å². The highest BCUT2D eigenvalue weighted by atomic mass is 79.9. The van der Waals surface area contributed by atoms with Gasteiger partial charge in [-0.2, -0.15) is 0 Å². The minimum absolute atomic E-state index is 0.403. The van der Waals surface area contributed by atoms with Gasteiger partial charge < -0.3 is 5.32 Å². The number of anilines is 2. The van der Waals surface area contributed by atoms with Crippen molar-refractivity contribution in [2.24, 2.45) is 0 Å². The van der Waals surface area contributed by atoms with Crippen molar-refractivity contribution in [1.29, 1.82) is 0 Å². The van der Waals surface area contributed by atoms with Gasteiger partial charge in [-0.1, -0.05) is 17.7 Å².